The van der Waals surface area contributed by atoms with Crippen molar-refractivity contribution in [2.75, 3.05) is 10.6 Å². The monoisotopic (exact) mass is 430 g/mol. The number of amides is 2. The molecule has 0 aliphatic carbocycles. The average molecular weight is 430 g/mol. The lowest BCUT2D eigenvalue weighted by molar-refractivity contribution is -0.144. The van der Waals surface area contributed by atoms with Gasteiger partial charge < -0.3 is 20.6 Å². The van der Waals surface area contributed by atoms with E-state index in [0.29, 0.717) is 0 Å². The molecule has 0 fully saturated rings. The first-order chi connectivity index (χ1) is 14.6. The van der Waals surface area contributed by atoms with Gasteiger partial charge in [-0.1, -0.05) is 0 Å². The number of aromatic nitrogens is 3. The summed E-state index contributed by atoms with van der Waals surface area (Å²) < 4.78 is 14.1. The molecule has 0 bridgehead atoms. The number of nitrogens with one attached hydrogen (secondary N) is 2. The van der Waals surface area contributed by atoms with Gasteiger partial charge in [-0.25, -0.2) is 19.2 Å². The number of anilines is 2. The molecule has 31 heavy (non-hydrogen) atoms. The number of halogens is 1. The fourth-order valence-electron chi connectivity index (χ4n) is 3.68. The van der Waals surface area contributed by atoms with E-state index in [1.807, 2.05) is 13.8 Å². The normalized spacial score (nSPS) is 19.2. The Bertz CT molecular complexity index is 1160. The Morgan fingerprint density at radius 3 is 2.71 bits per heavy atom. The molecule has 0 spiro atoms. The zero-order valence-corrected chi connectivity index (χ0v) is 16.7. The van der Waals surface area contributed by atoms with Gasteiger partial charge in [-0.05, 0) is 26.0 Å². The van der Waals surface area contributed by atoms with Crippen molar-refractivity contribution in [1.82, 2.24) is 19.4 Å². The maximum Gasteiger partial charge on any atom is 0.331 e. The summed E-state index contributed by atoms with van der Waals surface area (Å²) >= 11 is 0. The predicted octanol–water partition coefficient (Wildman–Crippen LogP) is 0.419. The van der Waals surface area contributed by atoms with E-state index >= 15 is 0 Å². The molecule has 4 rings (SSSR count). The van der Waals surface area contributed by atoms with Crippen LogP contribution in [-0.2, 0) is 22.7 Å². The van der Waals surface area contributed by atoms with E-state index in [-0.39, 0.29) is 42.2 Å². The van der Waals surface area contributed by atoms with Gasteiger partial charge in [-0.15, -0.1) is 0 Å². The maximum atomic E-state index is 13.0. The molecule has 11 nitrogen and oxygen atoms in total. The van der Waals surface area contributed by atoms with E-state index in [1.165, 1.54) is 11.0 Å². The molecule has 2 aromatic heterocycles. The second-order valence-electron chi connectivity index (χ2n) is 7.78. The van der Waals surface area contributed by atoms with Gasteiger partial charge in [-0.3, -0.25) is 19.0 Å². The third kappa shape index (κ3) is 3.39. The van der Waals surface area contributed by atoms with E-state index < -0.39 is 41.1 Å². The molecule has 0 saturated carbocycles. The standard InChI is InChI=1S/C19H19FN6O5/c1-9(2)25-7-11-14(16(25)29)23-18-24-19(17(30)31,8-26(18)15(11)28)5-13(27)22-12-4-3-10(20)6-21-12/h3-4,6,9H,5,7-8H2,1-2H3,(H,23,24)(H,30,31)(H,21,22,27). The van der Waals surface area contributed by atoms with Gasteiger partial charge in [0.05, 0.1) is 31.3 Å². The van der Waals surface area contributed by atoms with Gasteiger partial charge in [0.15, 0.2) is 5.54 Å². The number of aliphatic carboxylic acids is 1. The van der Waals surface area contributed by atoms with Crippen molar-refractivity contribution in [3.8, 4) is 0 Å². The number of carboxylic acid groups (broad SMARTS) is 1. The van der Waals surface area contributed by atoms with Gasteiger partial charge in [0.2, 0.25) is 11.9 Å². The van der Waals surface area contributed by atoms with Crippen LogP contribution in [0.1, 0.15) is 36.3 Å². The number of hydrogen-bond acceptors (Lipinski definition) is 7. The van der Waals surface area contributed by atoms with E-state index in [4.69, 9.17) is 0 Å². The lowest BCUT2D eigenvalue weighted by atomic mass is 9.96. The molecule has 2 aliphatic rings. The minimum Gasteiger partial charge on any atom is -0.479 e. The van der Waals surface area contributed by atoms with Crippen molar-refractivity contribution < 1.29 is 23.9 Å². The van der Waals surface area contributed by atoms with E-state index in [1.54, 1.807) is 0 Å². The molecule has 0 radical (unpaired) electrons. The number of nitrogens with zero attached hydrogens (tertiary/aromatic N) is 4. The molecular formula is C19H19FN6O5. The van der Waals surface area contributed by atoms with Crippen molar-refractivity contribution in [2.45, 2.75) is 44.9 Å². The van der Waals surface area contributed by atoms with Crippen LogP contribution in [0.25, 0.3) is 0 Å². The van der Waals surface area contributed by atoms with Crippen LogP contribution < -0.4 is 16.2 Å². The molecule has 3 N–H and O–H groups in total. The fraction of sp³-hybridized carbons (Fsp3) is 0.368. The SMILES string of the molecule is CC(C)N1Cc2c(nc3n(c2=O)CC(CC(=O)Nc2ccc(F)cn2)(C(=O)O)N3)C1=O. The van der Waals surface area contributed by atoms with Crippen LogP contribution >= 0.6 is 0 Å². The summed E-state index contributed by atoms with van der Waals surface area (Å²) in [6.45, 7) is 3.38. The second-order valence-corrected chi connectivity index (χ2v) is 7.78. The number of fused-ring (bicyclic) bond motifs is 2. The Hall–Kier alpha value is -3.83. The first kappa shape index (κ1) is 20.4. The summed E-state index contributed by atoms with van der Waals surface area (Å²) in [4.78, 5) is 59.4. The molecule has 1 atom stereocenters. The summed E-state index contributed by atoms with van der Waals surface area (Å²) in [6, 6.07) is 2.21. The minimum atomic E-state index is -1.85. The van der Waals surface area contributed by atoms with Crippen molar-refractivity contribution in [3.63, 3.8) is 0 Å². The quantitative estimate of drug-likeness (QED) is 0.619. The molecule has 4 heterocycles. The number of hydrogen-bond donors (Lipinski definition) is 3. The highest BCUT2D eigenvalue weighted by molar-refractivity contribution is 5.98. The first-order valence-electron chi connectivity index (χ1n) is 9.49. The molecule has 1 unspecified atom stereocenters. The van der Waals surface area contributed by atoms with E-state index in [9.17, 15) is 28.7 Å². The maximum absolute atomic E-state index is 13.0. The Labute approximate surface area is 174 Å². The largest absolute Gasteiger partial charge is 0.479 e. The van der Waals surface area contributed by atoms with Crippen molar-refractivity contribution in [3.05, 3.63) is 45.8 Å². The van der Waals surface area contributed by atoms with E-state index in [2.05, 4.69) is 20.6 Å². The van der Waals surface area contributed by atoms with Crippen molar-refractivity contribution in [2.24, 2.45) is 0 Å². The van der Waals surface area contributed by atoms with E-state index in [0.717, 1.165) is 16.8 Å². The van der Waals surface area contributed by atoms with Crippen LogP contribution in [0, 0.1) is 5.82 Å². The molecule has 12 heteroatoms. The predicted molar refractivity (Wildman–Crippen MR) is 105 cm³/mol. The van der Waals surface area contributed by atoms with Gasteiger partial charge >= 0.3 is 5.97 Å². The summed E-state index contributed by atoms with van der Waals surface area (Å²) in [5.74, 6) is -3.09. The molecule has 2 aromatic rings. The highest BCUT2D eigenvalue weighted by Gasteiger charge is 2.48. The number of carbonyl (C=O) groups excluding carboxylic acids is 2. The lowest BCUT2D eigenvalue weighted by Crippen LogP contribution is -2.48. The summed E-state index contributed by atoms with van der Waals surface area (Å²) in [5.41, 5.74) is -2.18. The van der Waals surface area contributed by atoms with Crippen LogP contribution in [0.2, 0.25) is 0 Å². The molecule has 0 aromatic carbocycles. The van der Waals surface area contributed by atoms with Gasteiger partial charge in [0, 0.05) is 6.04 Å². The summed E-state index contributed by atoms with van der Waals surface area (Å²) in [5, 5.41) is 14.9. The van der Waals surface area contributed by atoms with Crippen molar-refractivity contribution >= 4 is 29.5 Å². The van der Waals surface area contributed by atoms with Gasteiger partial charge in [-0.2, -0.15) is 0 Å². The lowest BCUT2D eigenvalue weighted by Gasteiger charge is -2.23. The third-order valence-corrected chi connectivity index (χ3v) is 5.32. The van der Waals surface area contributed by atoms with Gasteiger partial charge in [0.1, 0.15) is 17.3 Å². The fourth-order valence-corrected chi connectivity index (χ4v) is 3.68. The Balaban J connectivity index is 1.61. The van der Waals surface area contributed by atoms with Crippen LogP contribution in [0.5, 0.6) is 0 Å². The Morgan fingerprint density at radius 2 is 2.10 bits per heavy atom. The Morgan fingerprint density at radius 1 is 1.35 bits per heavy atom. The zero-order valence-electron chi connectivity index (χ0n) is 16.7. The number of rotatable bonds is 5. The second kappa shape index (κ2) is 7.15. The summed E-state index contributed by atoms with van der Waals surface area (Å²) in [6.07, 6.45) is 0.357. The molecular weight excluding hydrogens is 411 g/mol. The Kier molecular flexibility index (Phi) is 4.71. The smallest absolute Gasteiger partial charge is 0.331 e. The number of carbonyl (C=O) groups is 3. The average Bonchev–Trinajstić information content (AvgIpc) is 3.23. The van der Waals surface area contributed by atoms with Crippen LogP contribution in [-0.4, -0.2) is 53.9 Å². The van der Waals surface area contributed by atoms with Crippen LogP contribution in [0.3, 0.4) is 0 Å². The minimum absolute atomic E-state index is 0.0152. The molecule has 162 valence electrons. The molecule has 2 amide bonds. The summed E-state index contributed by atoms with van der Waals surface area (Å²) in [7, 11) is 0. The third-order valence-electron chi connectivity index (χ3n) is 5.32. The molecule has 2 aliphatic heterocycles. The first-order valence-corrected chi connectivity index (χ1v) is 9.49. The molecule has 0 saturated heterocycles. The zero-order chi connectivity index (χ0) is 22.5. The number of carboxylic acids is 1. The van der Waals surface area contributed by atoms with Gasteiger partial charge in [0.25, 0.3) is 11.5 Å². The highest BCUT2D eigenvalue weighted by atomic mass is 19.1. The van der Waals surface area contributed by atoms with Crippen LogP contribution in [0.4, 0.5) is 16.2 Å². The number of pyridine rings is 1. The van der Waals surface area contributed by atoms with Crippen molar-refractivity contribution in [1.29, 1.82) is 0 Å². The highest BCUT2D eigenvalue weighted by Crippen LogP contribution is 2.30. The van der Waals surface area contributed by atoms with Crippen LogP contribution in [0.15, 0.2) is 23.1 Å². The topological polar surface area (TPSA) is 147 Å².